The highest BCUT2D eigenvalue weighted by Gasteiger charge is 2.31. The summed E-state index contributed by atoms with van der Waals surface area (Å²) in [5.74, 6) is -0.370. The van der Waals surface area contributed by atoms with Gasteiger partial charge in [-0.15, -0.1) is 0 Å². The molecule has 1 atom stereocenters. The maximum Gasteiger partial charge on any atom is 0.247 e. The van der Waals surface area contributed by atoms with Crippen LogP contribution in [0, 0.1) is 13.8 Å². The predicted molar refractivity (Wildman–Crippen MR) is 161 cm³/mol. The lowest BCUT2D eigenvalue weighted by Gasteiger charge is -2.33. The highest BCUT2D eigenvalue weighted by molar-refractivity contribution is 5.96. The fourth-order valence-electron chi connectivity index (χ4n) is 4.99. The van der Waals surface area contributed by atoms with E-state index in [1.807, 2.05) is 56.3 Å². The van der Waals surface area contributed by atoms with Gasteiger partial charge in [-0.1, -0.05) is 42.5 Å². The Bertz CT molecular complexity index is 1280. The molecule has 2 amide bonds. The van der Waals surface area contributed by atoms with E-state index < -0.39 is 6.04 Å². The number of aromatic nitrogens is 2. The molecule has 1 aliphatic rings. The number of benzene rings is 2. The Labute approximate surface area is 242 Å². The first-order valence-corrected chi connectivity index (χ1v) is 14.1. The van der Waals surface area contributed by atoms with Crippen LogP contribution in [-0.4, -0.2) is 91.5 Å². The monoisotopic (exact) mass is 559 g/mol. The number of carbonyl (C=O) groups excluding carboxylic acids is 2. The van der Waals surface area contributed by atoms with Crippen molar-refractivity contribution >= 4 is 23.6 Å². The second-order valence-electron chi connectivity index (χ2n) is 10.4. The number of nitrogens with zero attached hydrogens (tertiary/aromatic N) is 4. The number of amides is 2. The molecule has 1 fully saturated rings. The molecule has 218 valence electrons. The van der Waals surface area contributed by atoms with E-state index in [2.05, 4.69) is 27.2 Å². The molecule has 1 unspecified atom stereocenters. The number of morpholine rings is 1. The summed E-state index contributed by atoms with van der Waals surface area (Å²) in [4.78, 5) is 33.5. The number of carbonyl (C=O) groups is 2. The minimum Gasteiger partial charge on any atom is -0.383 e. The Hall–Kier alpha value is -3.95. The van der Waals surface area contributed by atoms with Crippen molar-refractivity contribution in [3.63, 3.8) is 0 Å². The lowest BCUT2D eigenvalue weighted by Crippen LogP contribution is -2.51. The average Bonchev–Trinajstić information content (AvgIpc) is 3.33. The molecule has 0 aliphatic carbocycles. The molecule has 1 aliphatic heterocycles. The summed E-state index contributed by atoms with van der Waals surface area (Å²) >= 11 is 0. The number of aromatic amines is 1. The fraction of sp³-hybridized carbons (Fsp3) is 0.406. The van der Waals surface area contributed by atoms with E-state index in [-0.39, 0.29) is 18.4 Å². The normalized spacial score (nSPS) is 14.3. The number of hydrogen-bond acceptors (Lipinski definition) is 6. The number of aryl methyl sites for hydroxylation is 2. The smallest absolute Gasteiger partial charge is 0.247 e. The third-order valence-corrected chi connectivity index (χ3v) is 7.47. The first-order valence-electron chi connectivity index (χ1n) is 14.1. The van der Waals surface area contributed by atoms with Gasteiger partial charge in [0.15, 0.2) is 0 Å². The van der Waals surface area contributed by atoms with Crippen molar-refractivity contribution in [3.8, 4) is 0 Å². The molecule has 2 heterocycles. The van der Waals surface area contributed by atoms with E-state index in [1.54, 1.807) is 36.1 Å². The molecule has 0 saturated carbocycles. The summed E-state index contributed by atoms with van der Waals surface area (Å²) in [6.45, 7) is 8.08. The van der Waals surface area contributed by atoms with Crippen molar-refractivity contribution in [2.24, 2.45) is 0 Å². The van der Waals surface area contributed by atoms with Crippen molar-refractivity contribution in [2.75, 3.05) is 58.5 Å². The zero-order chi connectivity index (χ0) is 29.2. The van der Waals surface area contributed by atoms with Crippen LogP contribution in [0.4, 0.5) is 5.69 Å². The van der Waals surface area contributed by atoms with Crippen molar-refractivity contribution in [3.05, 3.63) is 88.8 Å². The summed E-state index contributed by atoms with van der Waals surface area (Å²) in [6, 6.07) is 17.4. The van der Waals surface area contributed by atoms with Gasteiger partial charge in [0.1, 0.15) is 6.04 Å². The van der Waals surface area contributed by atoms with Crippen molar-refractivity contribution in [1.82, 2.24) is 20.0 Å². The van der Waals surface area contributed by atoms with Crippen LogP contribution in [0.15, 0.2) is 60.7 Å². The minimum absolute atomic E-state index is 0.131. The van der Waals surface area contributed by atoms with Crippen LogP contribution in [0.25, 0.3) is 6.08 Å². The topological polar surface area (TPSA) is 91.0 Å². The van der Waals surface area contributed by atoms with E-state index in [4.69, 9.17) is 9.47 Å². The molecule has 1 N–H and O–H groups in total. The predicted octanol–water partition coefficient (Wildman–Crippen LogP) is 3.62. The number of rotatable bonds is 12. The summed E-state index contributed by atoms with van der Waals surface area (Å²) in [6.07, 6.45) is 3.73. The maximum atomic E-state index is 13.9. The molecule has 4 rings (SSSR count). The zero-order valence-electron chi connectivity index (χ0n) is 24.5. The van der Waals surface area contributed by atoms with Crippen LogP contribution in [0.3, 0.4) is 0 Å². The van der Waals surface area contributed by atoms with Gasteiger partial charge < -0.3 is 24.2 Å². The first-order chi connectivity index (χ1) is 19.9. The number of hydrogen-bond donors (Lipinski definition) is 1. The molecule has 2 aromatic carbocycles. The number of ether oxygens (including phenoxy) is 2. The van der Waals surface area contributed by atoms with E-state index >= 15 is 0 Å². The number of methoxy groups -OCH3 is 1. The number of anilines is 1. The first kappa shape index (κ1) is 30.0. The van der Waals surface area contributed by atoms with Gasteiger partial charge in [-0.3, -0.25) is 14.7 Å². The van der Waals surface area contributed by atoms with Crippen LogP contribution in [0.2, 0.25) is 0 Å². The molecular formula is C32H41N5O4. The lowest BCUT2D eigenvalue weighted by molar-refractivity contribution is -0.143. The van der Waals surface area contributed by atoms with E-state index in [1.165, 1.54) is 0 Å². The summed E-state index contributed by atoms with van der Waals surface area (Å²) < 4.78 is 10.7. The van der Waals surface area contributed by atoms with Crippen LogP contribution in [-0.2, 0) is 32.0 Å². The Morgan fingerprint density at radius 2 is 1.78 bits per heavy atom. The quantitative estimate of drug-likeness (QED) is 0.341. The average molecular weight is 560 g/mol. The van der Waals surface area contributed by atoms with Crippen LogP contribution in [0.5, 0.6) is 0 Å². The second kappa shape index (κ2) is 14.6. The standard InChI is InChI=1S/C32H41N5O4/c1-24-29(25(2)34-33-24)14-15-31(38)37(23-27-10-12-28(13-11-27)36-17-20-41-21-18-36)30(22-26-8-6-5-7-9-26)32(39)35(3)16-19-40-4/h5-15,30H,16-23H2,1-4H3,(H,33,34). The van der Waals surface area contributed by atoms with Crippen LogP contribution in [0.1, 0.15) is 28.1 Å². The third-order valence-electron chi connectivity index (χ3n) is 7.47. The molecule has 1 aromatic heterocycles. The van der Waals surface area contributed by atoms with Crippen LogP contribution >= 0.6 is 0 Å². The SMILES string of the molecule is COCCN(C)C(=O)C(Cc1ccccc1)N(Cc1ccc(N2CCOCC2)cc1)C(=O)C=Cc1c(C)n[nH]c1C. The minimum atomic E-state index is -0.707. The van der Waals surface area contributed by atoms with Crippen molar-refractivity contribution in [2.45, 2.75) is 32.9 Å². The molecule has 9 nitrogen and oxygen atoms in total. The summed E-state index contributed by atoms with van der Waals surface area (Å²) in [5.41, 5.74) is 5.62. The Kier molecular flexibility index (Phi) is 10.7. The zero-order valence-corrected chi connectivity index (χ0v) is 24.5. The van der Waals surface area contributed by atoms with Gasteiger partial charge in [0.05, 0.1) is 25.5 Å². The second-order valence-corrected chi connectivity index (χ2v) is 10.4. The molecule has 0 radical (unpaired) electrons. The largest absolute Gasteiger partial charge is 0.383 e. The highest BCUT2D eigenvalue weighted by Crippen LogP contribution is 2.21. The molecule has 3 aromatic rings. The fourth-order valence-corrected chi connectivity index (χ4v) is 4.99. The summed E-state index contributed by atoms with van der Waals surface area (Å²) in [7, 11) is 3.37. The lowest BCUT2D eigenvalue weighted by atomic mass is 10.0. The van der Waals surface area contributed by atoms with Gasteiger partial charge in [-0.05, 0) is 43.2 Å². The number of H-pyrrole nitrogens is 1. The summed E-state index contributed by atoms with van der Waals surface area (Å²) in [5, 5.41) is 7.20. The molecule has 0 bridgehead atoms. The van der Waals surface area contributed by atoms with Gasteiger partial charge in [-0.25, -0.2) is 0 Å². The molecule has 1 saturated heterocycles. The number of nitrogens with one attached hydrogen (secondary N) is 1. The molecule has 41 heavy (non-hydrogen) atoms. The Balaban J connectivity index is 1.66. The Morgan fingerprint density at radius 3 is 2.41 bits per heavy atom. The van der Waals surface area contributed by atoms with Crippen molar-refractivity contribution < 1.29 is 19.1 Å². The Morgan fingerprint density at radius 1 is 1.07 bits per heavy atom. The van der Waals surface area contributed by atoms with Crippen molar-refractivity contribution in [1.29, 1.82) is 0 Å². The van der Waals surface area contributed by atoms with Gasteiger partial charge in [0.2, 0.25) is 11.8 Å². The molecule has 9 heteroatoms. The van der Waals surface area contributed by atoms with Gasteiger partial charge in [0.25, 0.3) is 0 Å². The number of likely N-dealkylation sites (N-methyl/N-ethyl adjacent to an activating group) is 1. The van der Waals surface area contributed by atoms with Crippen LogP contribution < -0.4 is 4.90 Å². The third kappa shape index (κ3) is 8.05. The molecular weight excluding hydrogens is 518 g/mol. The van der Waals surface area contributed by atoms with Gasteiger partial charge >= 0.3 is 0 Å². The molecule has 0 spiro atoms. The highest BCUT2D eigenvalue weighted by atomic mass is 16.5. The van der Waals surface area contributed by atoms with E-state index in [0.717, 1.165) is 46.9 Å². The maximum absolute atomic E-state index is 13.9. The van der Waals surface area contributed by atoms with E-state index in [9.17, 15) is 9.59 Å². The van der Waals surface area contributed by atoms with Gasteiger partial charge in [0, 0.05) is 69.8 Å². The van der Waals surface area contributed by atoms with Gasteiger partial charge in [-0.2, -0.15) is 5.10 Å². The van der Waals surface area contributed by atoms with E-state index in [0.29, 0.717) is 32.8 Å².